The number of thioether (sulfide) groups is 1. The summed E-state index contributed by atoms with van der Waals surface area (Å²) in [5.74, 6) is 0.922. The Kier molecular flexibility index (Phi) is 8.48. The van der Waals surface area contributed by atoms with Gasteiger partial charge in [-0.3, -0.25) is 4.39 Å². The van der Waals surface area contributed by atoms with Crippen LogP contribution in [0, 0.1) is 0 Å². The van der Waals surface area contributed by atoms with Crippen LogP contribution in [0.15, 0.2) is 17.0 Å². The van der Waals surface area contributed by atoms with E-state index in [1.807, 2.05) is 0 Å². The molecule has 2 N–H and O–H groups in total. The first-order valence-corrected chi connectivity index (χ1v) is 7.97. The number of hydrogen-bond acceptors (Lipinski definition) is 4. The van der Waals surface area contributed by atoms with Crippen LogP contribution in [0.3, 0.4) is 0 Å². The van der Waals surface area contributed by atoms with E-state index in [9.17, 15) is 13.2 Å². The van der Waals surface area contributed by atoms with Gasteiger partial charge in [0.05, 0.1) is 25.8 Å². The van der Waals surface area contributed by atoms with Crippen molar-refractivity contribution in [1.82, 2.24) is 0 Å². The Morgan fingerprint density at radius 3 is 2.18 bits per heavy atom. The van der Waals surface area contributed by atoms with Crippen molar-refractivity contribution in [3.8, 4) is 11.5 Å². The van der Waals surface area contributed by atoms with E-state index in [1.165, 1.54) is 14.2 Å². The molecule has 3 nitrogen and oxygen atoms in total. The molecule has 0 aliphatic heterocycles. The van der Waals surface area contributed by atoms with Gasteiger partial charge >= 0.3 is 0 Å². The molecule has 126 valence electrons. The fourth-order valence-corrected chi connectivity index (χ4v) is 3.04. The predicted molar refractivity (Wildman–Crippen MR) is 83.4 cm³/mol. The molecular formula is C15H22F3NO2S. The Bertz CT molecular complexity index is 437. The highest BCUT2D eigenvalue weighted by Crippen LogP contribution is 2.40. The third-order valence-corrected chi connectivity index (χ3v) is 4.29. The summed E-state index contributed by atoms with van der Waals surface area (Å²) in [5.41, 5.74) is 6.48. The molecule has 1 aromatic carbocycles. The van der Waals surface area contributed by atoms with Crippen LogP contribution in [0.5, 0.6) is 11.5 Å². The van der Waals surface area contributed by atoms with Gasteiger partial charge in [0.1, 0.15) is 23.8 Å². The van der Waals surface area contributed by atoms with Gasteiger partial charge in [0.2, 0.25) is 0 Å². The summed E-state index contributed by atoms with van der Waals surface area (Å²) >= 11 is 1.09. The zero-order chi connectivity index (χ0) is 16.5. The number of nitrogens with two attached hydrogens (primary N) is 1. The minimum Gasteiger partial charge on any atom is -0.495 e. The molecule has 0 spiro atoms. The SMILES string of the molecule is COc1cc(CCN)cc(OC)c1SCC(F)C(F)CCF. The van der Waals surface area contributed by atoms with Gasteiger partial charge in [0, 0.05) is 12.2 Å². The van der Waals surface area contributed by atoms with Crippen LogP contribution in [0.25, 0.3) is 0 Å². The number of halogens is 3. The summed E-state index contributed by atoms with van der Waals surface area (Å²) in [4.78, 5) is 0.598. The molecule has 0 aliphatic carbocycles. The van der Waals surface area contributed by atoms with Crippen LogP contribution in [0.4, 0.5) is 13.2 Å². The Balaban J connectivity index is 2.88. The number of hydrogen-bond donors (Lipinski definition) is 1. The van der Waals surface area contributed by atoms with Crippen molar-refractivity contribution < 1.29 is 22.6 Å². The van der Waals surface area contributed by atoms with E-state index >= 15 is 0 Å². The molecule has 0 saturated carbocycles. The van der Waals surface area contributed by atoms with Gasteiger partial charge in [0.15, 0.2) is 0 Å². The lowest BCUT2D eigenvalue weighted by Gasteiger charge is -2.17. The zero-order valence-corrected chi connectivity index (χ0v) is 13.6. The molecule has 0 saturated heterocycles. The fraction of sp³-hybridized carbons (Fsp3) is 0.600. The summed E-state index contributed by atoms with van der Waals surface area (Å²) in [6, 6.07) is 3.61. The maximum atomic E-state index is 13.7. The second-order valence-corrected chi connectivity index (χ2v) is 5.72. The van der Waals surface area contributed by atoms with Crippen molar-refractivity contribution in [2.24, 2.45) is 5.73 Å². The van der Waals surface area contributed by atoms with Gasteiger partial charge < -0.3 is 15.2 Å². The second kappa shape index (κ2) is 9.84. The van der Waals surface area contributed by atoms with E-state index in [0.29, 0.717) is 29.4 Å². The summed E-state index contributed by atoms with van der Waals surface area (Å²) in [7, 11) is 3.00. The molecule has 7 heteroatoms. The van der Waals surface area contributed by atoms with Crippen molar-refractivity contribution in [3.05, 3.63) is 17.7 Å². The third-order valence-electron chi connectivity index (χ3n) is 3.12. The number of methoxy groups -OCH3 is 2. The van der Waals surface area contributed by atoms with Crippen molar-refractivity contribution in [3.63, 3.8) is 0 Å². The normalized spacial score (nSPS) is 13.7. The van der Waals surface area contributed by atoms with E-state index in [1.54, 1.807) is 12.1 Å². The molecule has 1 aromatic rings. The number of alkyl halides is 3. The van der Waals surface area contributed by atoms with Crippen LogP contribution >= 0.6 is 11.8 Å². The van der Waals surface area contributed by atoms with E-state index < -0.39 is 25.4 Å². The van der Waals surface area contributed by atoms with Crippen LogP contribution in [-0.4, -0.2) is 45.5 Å². The number of benzene rings is 1. The minimum absolute atomic E-state index is 0.135. The van der Waals surface area contributed by atoms with E-state index in [0.717, 1.165) is 17.3 Å². The Hall–Kier alpha value is -1.08. The third kappa shape index (κ3) is 5.28. The summed E-state index contributed by atoms with van der Waals surface area (Å²) < 4.78 is 49.7. The summed E-state index contributed by atoms with van der Waals surface area (Å²) in [5, 5.41) is 0. The lowest BCUT2D eigenvalue weighted by Crippen LogP contribution is -2.20. The van der Waals surface area contributed by atoms with Gasteiger partial charge in [-0.05, 0) is 30.7 Å². The summed E-state index contributed by atoms with van der Waals surface area (Å²) in [6.45, 7) is -0.384. The predicted octanol–water partition coefficient (Wildman–Crippen LogP) is 3.33. The molecule has 0 amide bonds. The Morgan fingerprint density at radius 1 is 1.14 bits per heavy atom. The maximum Gasteiger partial charge on any atom is 0.141 e. The molecule has 22 heavy (non-hydrogen) atoms. The van der Waals surface area contributed by atoms with Crippen molar-refractivity contribution >= 4 is 11.8 Å². The van der Waals surface area contributed by atoms with Crippen molar-refractivity contribution in [2.75, 3.05) is 33.2 Å². The van der Waals surface area contributed by atoms with Crippen molar-refractivity contribution in [2.45, 2.75) is 30.1 Å². The molecule has 2 atom stereocenters. The van der Waals surface area contributed by atoms with Gasteiger partial charge in [0.25, 0.3) is 0 Å². The van der Waals surface area contributed by atoms with Crippen LogP contribution in [0.2, 0.25) is 0 Å². The van der Waals surface area contributed by atoms with Gasteiger partial charge in [-0.2, -0.15) is 0 Å². The molecule has 0 heterocycles. The monoisotopic (exact) mass is 337 g/mol. The van der Waals surface area contributed by atoms with Gasteiger partial charge in [-0.15, -0.1) is 11.8 Å². The first-order chi connectivity index (χ1) is 10.6. The average Bonchev–Trinajstić information content (AvgIpc) is 2.52. The van der Waals surface area contributed by atoms with Crippen LogP contribution in [0.1, 0.15) is 12.0 Å². The molecule has 0 aromatic heterocycles. The molecular weight excluding hydrogens is 315 g/mol. The highest BCUT2D eigenvalue weighted by atomic mass is 32.2. The van der Waals surface area contributed by atoms with E-state index in [4.69, 9.17) is 15.2 Å². The summed E-state index contributed by atoms with van der Waals surface area (Å²) in [6.07, 6.45) is -3.30. The van der Waals surface area contributed by atoms with E-state index in [2.05, 4.69) is 0 Å². The standard InChI is InChI=1S/C15H22F3NO2S/c1-20-13-7-10(4-6-19)8-14(21-2)15(13)22-9-12(18)11(17)3-5-16/h7-8,11-12H,3-6,9,19H2,1-2H3. The van der Waals surface area contributed by atoms with Crippen LogP contribution < -0.4 is 15.2 Å². The van der Waals surface area contributed by atoms with E-state index in [-0.39, 0.29) is 5.75 Å². The number of ether oxygens (including phenoxy) is 2. The molecule has 0 fully saturated rings. The first kappa shape index (κ1) is 19.0. The zero-order valence-electron chi connectivity index (χ0n) is 12.8. The molecule has 1 rings (SSSR count). The number of rotatable bonds is 10. The average molecular weight is 337 g/mol. The Labute approximate surface area is 133 Å². The minimum atomic E-state index is -1.80. The highest BCUT2D eigenvalue weighted by Gasteiger charge is 2.22. The smallest absolute Gasteiger partial charge is 0.141 e. The highest BCUT2D eigenvalue weighted by molar-refractivity contribution is 7.99. The maximum absolute atomic E-state index is 13.7. The van der Waals surface area contributed by atoms with Crippen LogP contribution in [-0.2, 0) is 6.42 Å². The largest absolute Gasteiger partial charge is 0.495 e. The lowest BCUT2D eigenvalue weighted by molar-refractivity contribution is 0.166. The molecule has 0 bridgehead atoms. The first-order valence-electron chi connectivity index (χ1n) is 6.99. The topological polar surface area (TPSA) is 44.5 Å². The fourth-order valence-electron chi connectivity index (χ4n) is 1.94. The van der Waals surface area contributed by atoms with Gasteiger partial charge in [-0.1, -0.05) is 0 Å². The van der Waals surface area contributed by atoms with Crippen molar-refractivity contribution in [1.29, 1.82) is 0 Å². The molecule has 0 aliphatic rings. The molecule has 0 radical (unpaired) electrons. The second-order valence-electron chi connectivity index (χ2n) is 4.69. The quantitative estimate of drug-likeness (QED) is 0.665. The molecule has 2 unspecified atom stereocenters. The Morgan fingerprint density at radius 2 is 1.73 bits per heavy atom. The van der Waals surface area contributed by atoms with Gasteiger partial charge in [-0.25, -0.2) is 8.78 Å². The lowest BCUT2D eigenvalue weighted by atomic mass is 10.1.